The molecule has 1 rings (SSSR count). The fourth-order valence-corrected chi connectivity index (χ4v) is 1.91. The van der Waals surface area contributed by atoms with E-state index in [-0.39, 0.29) is 12.1 Å². The van der Waals surface area contributed by atoms with Crippen LogP contribution in [0.25, 0.3) is 0 Å². The number of para-hydroxylation sites is 1. The van der Waals surface area contributed by atoms with E-state index >= 15 is 0 Å². The van der Waals surface area contributed by atoms with Gasteiger partial charge in [0, 0.05) is 20.7 Å². The lowest BCUT2D eigenvalue weighted by Gasteiger charge is -2.25. The molecule has 19 heavy (non-hydrogen) atoms. The molecule has 0 amide bonds. The standard InChI is InChI=1S/C14H22N2O3/c1-5-19-14(17)11-7-6-8-12(15)13(11)16(3)9-10(2)18-4/h6-8,10H,5,9,15H2,1-4H3. The van der Waals surface area contributed by atoms with E-state index in [1.165, 1.54) is 0 Å². The molecule has 0 radical (unpaired) electrons. The molecule has 0 aliphatic heterocycles. The zero-order valence-corrected chi connectivity index (χ0v) is 12.0. The number of hydrogen-bond donors (Lipinski definition) is 1. The molecule has 0 aliphatic rings. The molecule has 1 unspecified atom stereocenters. The van der Waals surface area contributed by atoms with E-state index in [1.807, 2.05) is 18.9 Å². The maximum absolute atomic E-state index is 11.9. The molecule has 106 valence electrons. The predicted octanol–water partition coefficient (Wildman–Crippen LogP) is 1.92. The molecule has 0 fully saturated rings. The Bertz CT molecular complexity index is 435. The van der Waals surface area contributed by atoms with Gasteiger partial charge >= 0.3 is 5.97 Å². The number of nitrogen functional groups attached to an aromatic ring is 1. The lowest BCUT2D eigenvalue weighted by molar-refractivity contribution is 0.0526. The number of esters is 1. The van der Waals surface area contributed by atoms with E-state index in [4.69, 9.17) is 15.2 Å². The SMILES string of the molecule is CCOC(=O)c1cccc(N)c1N(C)CC(C)OC. The van der Waals surface area contributed by atoms with E-state index in [9.17, 15) is 4.79 Å². The first-order valence-corrected chi connectivity index (χ1v) is 6.30. The van der Waals surface area contributed by atoms with Crippen molar-refractivity contribution in [2.24, 2.45) is 0 Å². The summed E-state index contributed by atoms with van der Waals surface area (Å²) in [5, 5.41) is 0. The van der Waals surface area contributed by atoms with Gasteiger partial charge in [-0.05, 0) is 26.0 Å². The molecular weight excluding hydrogens is 244 g/mol. The van der Waals surface area contributed by atoms with Crippen molar-refractivity contribution < 1.29 is 14.3 Å². The van der Waals surface area contributed by atoms with Crippen molar-refractivity contribution in [3.05, 3.63) is 23.8 Å². The van der Waals surface area contributed by atoms with E-state index in [0.717, 1.165) is 0 Å². The Morgan fingerprint density at radius 1 is 1.47 bits per heavy atom. The monoisotopic (exact) mass is 266 g/mol. The van der Waals surface area contributed by atoms with E-state index in [2.05, 4.69) is 0 Å². The van der Waals surface area contributed by atoms with Crippen LogP contribution in [-0.4, -0.2) is 39.4 Å². The summed E-state index contributed by atoms with van der Waals surface area (Å²) in [7, 11) is 3.53. The summed E-state index contributed by atoms with van der Waals surface area (Å²) in [5.41, 5.74) is 7.70. The molecule has 0 aliphatic carbocycles. The molecule has 0 bridgehead atoms. The van der Waals surface area contributed by atoms with Crippen LogP contribution in [0.4, 0.5) is 11.4 Å². The van der Waals surface area contributed by atoms with Crippen molar-refractivity contribution in [2.45, 2.75) is 20.0 Å². The minimum Gasteiger partial charge on any atom is -0.462 e. The van der Waals surface area contributed by atoms with Crippen LogP contribution in [0.1, 0.15) is 24.2 Å². The zero-order valence-electron chi connectivity index (χ0n) is 12.0. The minimum atomic E-state index is -0.360. The summed E-state index contributed by atoms with van der Waals surface area (Å²) >= 11 is 0. The number of nitrogens with two attached hydrogens (primary N) is 1. The van der Waals surface area contributed by atoms with E-state index in [0.29, 0.717) is 30.1 Å². The highest BCUT2D eigenvalue weighted by molar-refractivity contribution is 5.99. The average molecular weight is 266 g/mol. The van der Waals surface area contributed by atoms with Crippen molar-refractivity contribution in [3.63, 3.8) is 0 Å². The molecule has 2 N–H and O–H groups in total. The Morgan fingerprint density at radius 2 is 2.16 bits per heavy atom. The number of carbonyl (C=O) groups excluding carboxylic acids is 1. The number of benzene rings is 1. The zero-order chi connectivity index (χ0) is 14.4. The van der Waals surface area contributed by atoms with Gasteiger partial charge < -0.3 is 20.1 Å². The largest absolute Gasteiger partial charge is 0.462 e. The smallest absolute Gasteiger partial charge is 0.340 e. The molecule has 0 aromatic heterocycles. The van der Waals surface area contributed by atoms with E-state index in [1.54, 1.807) is 32.2 Å². The molecule has 5 heteroatoms. The van der Waals surface area contributed by atoms with Crippen LogP contribution in [-0.2, 0) is 9.47 Å². The quantitative estimate of drug-likeness (QED) is 0.629. The number of ether oxygens (including phenoxy) is 2. The van der Waals surface area contributed by atoms with Gasteiger partial charge in [0.15, 0.2) is 0 Å². The fourth-order valence-electron chi connectivity index (χ4n) is 1.91. The Labute approximate surface area is 114 Å². The van der Waals surface area contributed by atoms with Gasteiger partial charge in [0.05, 0.1) is 29.6 Å². The molecule has 0 spiro atoms. The highest BCUT2D eigenvalue weighted by Crippen LogP contribution is 2.28. The van der Waals surface area contributed by atoms with Gasteiger partial charge in [-0.25, -0.2) is 4.79 Å². The number of likely N-dealkylation sites (N-methyl/N-ethyl adjacent to an activating group) is 1. The summed E-state index contributed by atoms with van der Waals surface area (Å²) < 4.78 is 10.3. The number of methoxy groups -OCH3 is 1. The van der Waals surface area contributed by atoms with Crippen molar-refractivity contribution in [1.82, 2.24) is 0 Å². The van der Waals surface area contributed by atoms with Crippen molar-refractivity contribution in [3.8, 4) is 0 Å². The molecule has 0 saturated carbocycles. The number of anilines is 2. The second-order valence-corrected chi connectivity index (χ2v) is 4.39. The Balaban J connectivity index is 3.06. The molecule has 5 nitrogen and oxygen atoms in total. The van der Waals surface area contributed by atoms with Gasteiger partial charge in [0.2, 0.25) is 0 Å². The first-order valence-electron chi connectivity index (χ1n) is 6.30. The van der Waals surface area contributed by atoms with Crippen LogP contribution in [0.2, 0.25) is 0 Å². The van der Waals surface area contributed by atoms with Gasteiger partial charge in [0.1, 0.15) is 0 Å². The minimum absolute atomic E-state index is 0.0413. The highest BCUT2D eigenvalue weighted by atomic mass is 16.5. The summed E-state index contributed by atoms with van der Waals surface area (Å²) in [6.45, 7) is 4.71. The van der Waals surface area contributed by atoms with Crippen molar-refractivity contribution in [2.75, 3.05) is 37.9 Å². The molecule has 0 heterocycles. The van der Waals surface area contributed by atoms with Crippen LogP contribution in [0, 0.1) is 0 Å². The highest BCUT2D eigenvalue weighted by Gasteiger charge is 2.19. The van der Waals surface area contributed by atoms with Gasteiger partial charge in [-0.1, -0.05) is 6.07 Å². The van der Waals surface area contributed by atoms with Crippen LogP contribution >= 0.6 is 0 Å². The predicted molar refractivity (Wildman–Crippen MR) is 76.6 cm³/mol. The summed E-state index contributed by atoms with van der Waals surface area (Å²) in [6, 6.07) is 5.24. The van der Waals surface area contributed by atoms with Crippen LogP contribution in [0.15, 0.2) is 18.2 Å². The number of rotatable bonds is 6. The lowest BCUT2D eigenvalue weighted by atomic mass is 10.1. The average Bonchev–Trinajstić information content (AvgIpc) is 2.38. The maximum atomic E-state index is 11.9. The van der Waals surface area contributed by atoms with Crippen LogP contribution in [0.3, 0.4) is 0 Å². The Kier molecular flexibility index (Phi) is 5.63. The third-order valence-electron chi connectivity index (χ3n) is 2.88. The number of carbonyl (C=O) groups is 1. The Morgan fingerprint density at radius 3 is 2.74 bits per heavy atom. The van der Waals surface area contributed by atoms with Crippen LogP contribution < -0.4 is 10.6 Å². The summed E-state index contributed by atoms with van der Waals surface area (Å²) in [4.78, 5) is 13.9. The van der Waals surface area contributed by atoms with Crippen molar-refractivity contribution in [1.29, 1.82) is 0 Å². The molecule has 1 atom stereocenters. The fraction of sp³-hybridized carbons (Fsp3) is 0.500. The maximum Gasteiger partial charge on any atom is 0.340 e. The van der Waals surface area contributed by atoms with Gasteiger partial charge in [-0.15, -0.1) is 0 Å². The van der Waals surface area contributed by atoms with E-state index < -0.39 is 0 Å². The molecular formula is C14H22N2O3. The molecule has 1 aromatic rings. The Hall–Kier alpha value is -1.75. The number of hydrogen-bond acceptors (Lipinski definition) is 5. The second kappa shape index (κ2) is 6.99. The van der Waals surface area contributed by atoms with Crippen LogP contribution in [0.5, 0.6) is 0 Å². The normalized spacial score (nSPS) is 12.0. The first-order chi connectivity index (χ1) is 9.01. The van der Waals surface area contributed by atoms with Gasteiger partial charge in [0.25, 0.3) is 0 Å². The third kappa shape index (κ3) is 3.86. The molecule has 0 saturated heterocycles. The lowest BCUT2D eigenvalue weighted by Crippen LogP contribution is -2.30. The summed E-state index contributed by atoms with van der Waals surface area (Å²) in [6.07, 6.45) is 0.0413. The van der Waals surface area contributed by atoms with Crippen molar-refractivity contribution >= 4 is 17.3 Å². The van der Waals surface area contributed by atoms with Gasteiger partial charge in [-0.2, -0.15) is 0 Å². The second-order valence-electron chi connectivity index (χ2n) is 4.39. The number of nitrogens with zero attached hydrogens (tertiary/aromatic N) is 1. The van der Waals surface area contributed by atoms with Gasteiger partial charge in [-0.3, -0.25) is 0 Å². The summed E-state index contributed by atoms with van der Waals surface area (Å²) in [5.74, 6) is -0.360. The topological polar surface area (TPSA) is 64.8 Å². The third-order valence-corrected chi connectivity index (χ3v) is 2.88. The molecule has 1 aromatic carbocycles. The first kappa shape index (κ1) is 15.3.